The van der Waals surface area contributed by atoms with E-state index in [1.165, 1.54) is 12.1 Å². The van der Waals surface area contributed by atoms with E-state index in [1.807, 2.05) is 6.07 Å². The highest BCUT2D eigenvalue weighted by Gasteiger charge is 2.18. The summed E-state index contributed by atoms with van der Waals surface area (Å²) in [6.07, 6.45) is 0.245. The first kappa shape index (κ1) is 18.3. The summed E-state index contributed by atoms with van der Waals surface area (Å²) in [5.41, 5.74) is 0.937. The van der Waals surface area contributed by atoms with Gasteiger partial charge in [0, 0.05) is 12.0 Å². The van der Waals surface area contributed by atoms with Gasteiger partial charge in [-0.05, 0) is 29.8 Å². The zero-order chi connectivity index (χ0) is 20.1. The van der Waals surface area contributed by atoms with E-state index in [-0.39, 0.29) is 33.9 Å². The monoisotopic (exact) mass is 450 g/mol. The van der Waals surface area contributed by atoms with Crippen LogP contribution in [0.15, 0.2) is 35.1 Å². The molecular formula is C18H9Cl2FN4O3S. The predicted molar refractivity (Wildman–Crippen MR) is 106 cm³/mol. The van der Waals surface area contributed by atoms with Crippen molar-refractivity contribution in [3.8, 4) is 22.1 Å². The molecule has 1 aliphatic rings. The van der Waals surface area contributed by atoms with Gasteiger partial charge < -0.3 is 9.47 Å². The number of fused-ring (bicyclic) bond motifs is 2. The summed E-state index contributed by atoms with van der Waals surface area (Å²) in [5, 5.41) is 12.8. The van der Waals surface area contributed by atoms with Crippen molar-refractivity contribution in [1.29, 1.82) is 0 Å². The second kappa shape index (κ2) is 6.94. The molecule has 1 aliphatic heterocycles. The van der Waals surface area contributed by atoms with Gasteiger partial charge in [0.2, 0.25) is 11.8 Å². The van der Waals surface area contributed by atoms with Crippen LogP contribution in [0.2, 0.25) is 10.0 Å². The lowest BCUT2D eigenvalue weighted by Gasteiger charge is -2.02. The summed E-state index contributed by atoms with van der Waals surface area (Å²) in [5.74, 6) is 0.641. The number of hydrogen-bond donors (Lipinski definition) is 0. The molecule has 0 amide bonds. The van der Waals surface area contributed by atoms with Crippen molar-refractivity contribution < 1.29 is 13.9 Å². The highest BCUT2D eigenvalue weighted by molar-refractivity contribution is 7.19. The molecule has 3 heterocycles. The highest BCUT2D eigenvalue weighted by Crippen LogP contribution is 2.34. The van der Waals surface area contributed by atoms with Crippen LogP contribution in [0.25, 0.3) is 15.5 Å². The lowest BCUT2D eigenvalue weighted by molar-refractivity contribution is 0.174. The van der Waals surface area contributed by atoms with Crippen molar-refractivity contribution in [3.63, 3.8) is 0 Å². The van der Waals surface area contributed by atoms with Crippen molar-refractivity contribution in [1.82, 2.24) is 19.8 Å². The fourth-order valence-electron chi connectivity index (χ4n) is 2.90. The quantitative estimate of drug-likeness (QED) is 0.439. The van der Waals surface area contributed by atoms with Gasteiger partial charge in [0.25, 0.3) is 5.56 Å². The van der Waals surface area contributed by atoms with Gasteiger partial charge >= 0.3 is 0 Å². The Morgan fingerprint density at radius 1 is 1.10 bits per heavy atom. The number of halogens is 3. The first-order valence-corrected chi connectivity index (χ1v) is 9.86. The van der Waals surface area contributed by atoms with Crippen LogP contribution in [-0.4, -0.2) is 26.6 Å². The van der Waals surface area contributed by atoms with Gasteiger partial charge in [0.05, 0.1) is 10.0 Å². The molecule has 0 radical (unpaired) electrons. The van der Waals surface area contributed by atoms with E-state index in [0.717, 1.165) is 21.4 Å². The number of aromatic nitrogens is 4. The molecular weight excluding hydrogens is 442 g/mol. The average molecular weight is 451 g/mol. The summed E-state index contributed by atoms with van der Waals surface area (Å²) >= 11 is 13.0. The van der Waals surface area contributed by atoms with E-state index < -0.39 is 11.4 Å². The number of hydrogen-bond acceptors (Lipinski definition) is 7. The third kappa shape index (κ3) is 3.21. The Bertz CT molecular complexity index is 1340. The molecule has 11 heteroatoms. The fraction of sp³-hybridized carbons (Fsp3) is 0.111. The summed E-state index contributed by atoms with van der Waals surface area (Å²) < 4.78 is 25.6. The first-order valence-electron chi connectivity index (χ1n) is 8.28. The normalized spacial score (nSPS) is 12.7. The molecule has 0 saturated carbocycles. The number of nitrogens with zero attached hydrogens (tertiary/aromatic N) is 4. The van der Waals surface area contributed by atoms with Crippen molar-refractivity contribution >= 4 is 39.5 Å². The molecule has 0 saturated heterocycles. The second-order valence-corrected chi connectivity index (χ2v) is 7.93. The molecule has 146 valence electrons. The first-order chi connectivity index (χ1) is 14.0. The molecule has 2 aromatic heterocycles. The molecule has 0 unspecified atom stereocenters. The van der Waals surface area contributed by atoms with Crippen LogP contribution in [0.3, 0.4) is 0 Å². The van der Waals surface area contributed by atoms with Gasteiger partial charge in [-0.25, -0.2) is 4.39 Å². The minimum absolute atomic E-state index is 0.0946. The molecule has 0 aliphatic carbocycles. The van der Waals surface area contributed by atoms with Crippen molar-refractivity contribution in [2.75, 3.05) is 6.79 Å². The molecule has 7 nitrogen and oxygen atoms in total. The molecule has 0 bridgehead atoms. The van der Waals surface area contributed by atoms with Crippen LogP contribution < -0.4 is 15.0 Å². The second-order valence-electron chi connectivity index (χ2n) is 6.16. The lowest BCUT2D eigenvalue weighted by Crippen LogP contribution is -2.22. The minimum atomic E-state index is -0.632. The predicted octanol–water partition coefficient (Wildman–Crippen LogP) is 3.98. The van der Waals surface area contributed by atoms with Crippen LogP contribution in [0.5, 0.6) is 11.5 Å². The van der Waals surface area contributed by atoms with E-state index in [0.29, 0.717) is 22.1 Å². The molecule has 0 fully saturated rings. The molecule has 29 heavy (non-hydrogen) atoms. The van der Waals surface area contributed by atoms with Gasteiger partial charge in [-0.15, -0.1) is 10.2 Å². The Kier molecular flexibility index (Phi) is 4.38. The zero-order valence-corrected chi connectivity index (χ0v) is 16.7. The van der Waals surface area contributed by atoms with Gasteiger partial charge in [-0.3, -0.25) is 4.79 Å². The smallest absolute Gasteiger partial charge is 0.297 e. The average Bonchev–Trinajstić information content (AvgIpc) is 3.33. The van der Waals surface area contributed by atoms with Gasteiger partial charge in [0.15, 0.2) is 11.5 Å². The Labute approximate surface area is 176 Å². The molecule has 0 N–H and O–H groups in total. The van der Waals surface area contributed by atoms with Crippen LogP contribution in [0.1, 0.15) is 11.3 Å². The maximum absolute atomic E-state index is 13.9. The molecule has 0 atom stereocenters. The van der Waals surface area contributed by atoms with Crippen molar-refractivity contribution in [2.45, 2.75) is 6.42 Å². The largest absolute Gasteiger partial charge is 0.454 e. The van der Waals surface area contributed by atoms with Crippen LogP contribution in [0.4, 0.5) is 4.39 Å². The summed E-state index contributed by atoms with van der Waals surface area (Å²) in [6.45, 7) is 0.169. The van der Waals surface area contributed by atoms with Crippen molar-refractivity contribution in [3.05, 3.63) is 67.8 Å². The van der Waals surface area contributed by atoms with Crippen LogP contribution in [-0.2, 0) is 6.42 Å². The Hall–Kier alpha value is -2.75. The van der Waals surface area contributed by atoms with E-state index in [9.17, 15) is 9.18 Å². The summed E-state index contributed by atoms with van der Waals surface area (Å²) in [6, 6.07) is 7.86. The van der Waals surface area contributed by atoms with Gasteiger partial charge in [-0.2, -0.15) is 9.61 Å². The molecule has 2 aromatic carbocycles. The van der Waals surface area contributed by atoms with E-state index in [1.54, 1.807) is 12.1 Å². The Balaban J connectivity index is 1.54. The van der Waals surface area contributed by atoms with Gasteiger partial charge in [-0.1, -0.05) is 40.6 Å². The number of benzene rings is 2. The highest BCUT2D eigenvalue weighted by atomic mass is 35.5. The van der Waals surface area contributed by atoms with E-state index >= 15 is 0 Å². The maximum Gasteiger partial charge on any atom is 0.297 e. The van der Waals surface area contributed by atoms with Gasteiger partial charge in [0.1, 0.15) is 16.5 Å². The number of rotatable bonds is 3. The van der Waals surface area contributed by atoms with E-state index in [4.69, 9.17) is 32.7 Å². The Morgan fingerprint density at radius 3 is 2.79 bits per heavy atom. The topological polar surface area (TPSA) is 78.6 Å². The number of ether oxygens (including phenoxy) is 2. The maximum atomic E-state index is 13.9. The molecule has 4 aromatic rings. The minimum Gasteiger partial charge on any atom is -0.454 e. The summed E-state index contributed by atoms with van der Waals surface area (Å²) in [7, 11) is 0. The fourth-order valence-corrected chi connectivity index (χ4v) is 4.29. The van der Waals surface area contributed by atoms with Crippen LogP contribution >= 0.6 is 34.5 Å². The zero-order valence-electron chi connectivity index (χ0n) is 14.4. The van der Waals surface area contributed by atoms with Crippen molar-refractivity contribution in [2.24, 2.45) is 0 Å². The molecule has 0 spiro atoms. The van der Waals surface area contributed by atoms with Crippen LogP contribution in [0, 0.1) is 5.82 Å². The lowest BCUT2D eigenvalue weighted by atomic mass is 10.1. The standard InChI is InChI=1S/C18H9Cl2FN4O3S/c19-10-6-11(20)12(21)5-9(10)16-24-25-17(26)13(22-23-18(25)29-16)3-8-1-2-14-15(4-8)28-7-27-14/h1-2,4-6H,3,7H2. The van der Waals surface area contributed by atoms with E-state index in [2.05, 4.69) is 15.3 Å². The third-order valence-corrected chi connectivity index (χ3v) is 5.84. The molecule has 5 rings (SSSR count). The third-order valence-electron chi connectivity index (χ3n) is 4.30. The summed E-state index contributed by atoms with van der Waals surface area (Å²) in [4.78, 5) is 13.1. The Morgan fingerprint density at radius 2 is 1.93 bits per heavy atom. The SMILES string of the molecule is O=c1c(Cc2ccc3c(c2)OCO3)nnc2sc(-c3cc(F)c(Cl)cc3Cl)nn12.